The number of carbonyl (C=O) groups excluding carboxylic acids is 1. The third kappa shape index (κ3) is 3.26. The van der Waals surface area contributed by atoms with Gasteiger partial charge in [0.05, 0.1) is 6.04 Å². The predicted molar refractivity (Wildman–Crippen MR) is 90.6 cm³/mol. The lowest BCUT2D eigenvalue weighted by molar-refractivity contribution is -0.105. The molecule has 2 aliphatic rings. The van der Waals surface area contributed by atoms with Crippen LogP contribution in [0, 0.1) is 0 Å². The number of nitrogens with one attached hydrogen (secondary N) is 2. The molecule has 1 aromatic heterocycles. The van der Waals surface area contributed by atoms with Gasteiger partial charge in [-0.3, -0.25) is 0 Å². The zero-order valence-corrected chi connectivity index (χ0v) is 14.1. The summed E-state index contributed by atoms with van der Waals surface area (Å²) in [5.41, 5.74) is 1.32. The molecule has 1 aromatic carbocycles. The number of nitrogens with zero attached hydrogens (tertiary/aromatic N) is 1. The second-order valence-corrected chi connectivity index (χ2v) is 6.58. The minimum absolute atomic E-state index is 0.252. The number of urea groups is 1. The van der Waals surface area contributed by atoms with Crippen molar-refractivity contribution in [2.24, 2.45) is 0 Å². The van der Waals surface area contributed by atoms with Gasteiger partial charge >= 0.3 is 6.03 Å². The average Bonchev–Trinajstić information content (AvgIpc) is 3.22. The molecule has 7 nitrogen and oxygen atoms in total. The molecule has 2 amide bonds. The van der Waals surface area contributed by atoms with Gasteiger partial charge in [0.25, 0.3) is 5.79 Å². The number of anilines is 1. The molecule has 4 rings (SSSR count). The van der Waals surface area contributed by atoms with Crippen molar-refractivity contribution in [2.75, 3.05) is 5.32 Å². The summed E-state index contributed by atoms with van der Waals surface area (Å²) in [6.45, 7) is 1.84. The molecule has 1 aliphatic carbocycles. The van der Waals surface area contributed by atoms with E-state index in [1.54, 1.807) is 12.1 Å². The van der Waals surface area contributed by atoms with E-state index >= 15 is 0 Å². The first kappa shape index (κ1) is 15.8. The summed E-state index contributed by atoms with van der Waals surface area (Å²) in [7, 11) is 0. The summed E-state index contributed by atoms with van der Waals surface area (Å²) in [4.78, 5) is 12.2. The van der Waals surface area contributed by atoms with Gasteiger partial charge in [-0.05, 0) is 31.9 Å². The Labute approximate surface area is 145 Å². The van der Waals surface area contributed by atoms with Crippen LogP contribution in [0.15, 0.2) is 35.1 Å². The third-order valence-corrected chi connectivity index (χ3v) is 4.66. The monoisotopic (exact) mass is 343 g/mol. The van der Waals surface area contributed by atoms with Crippen molar-refractivity contribution in [3.63, 3.8) is 0 Å². The molecule has 0 radical (unpaired) electrons. The second kappa shape index (κ2) is 6.31. The van der Waals surface area contributed by atoms with Crippen LogP contribution in [0.4, 0.5) is 10.5 Å². The van der Waals surface area contributed by atoms with Crippen molar-refractivity contribution in [1.82, 2.24) is 10.5 Å². The molecule has 2 heterocycles. The molecule has 7 heteroatoms. The van der Waals surface area contributed by atoms with Crippen molar-refractivity contribution in [3.05, 3.63) is 36.2 Å². The molecular weight excluding hydrogens is 322 g/mol. The van der Waals surface area contributed by atoms with E-state index in [9.17, 15) is 4.79 Å². The zero-order chi connectivity index (χ0) is 17.3. The molecule has 25 heavy (non-hydrogen) atoms. The third-order valence-electron chi connectivity index (χ3n) is 4.66. The molecule has 1 spiro atoms. The first-order valence-electron chi connectivity index (χ1n) is 8.63. The van der Waals surface area contributed by atoms with Gasteiger partial charge in [0.2, 0.25) is 0 Å². The van der Waals surface area contributed by atoms with E-state index in [1.165, 1.54) is 12.7 Å². The number of hydrogen-bond donors (Lipinski definition) is 2. The lowest BCUT2D eigenvalue weighted by Gasteiger charge is -2.31. The lowest BCUT2D eigenvalue weighted by Crippen LogP contribution is -2.40. The first-order chi connectivity index (χ1) is 12.1. The molecule has 2 aromatic rings. The molecule has 1 saturated carbocycles. The number of aromatic nitrogens is 1. The van der Waals surface area contributed by atoms with Crippen LogP contribution >= 0.6 is 0 Å². The Morgan fingerprint density at radius 2 is 1.96 bits per heavy atom. The SMILES string of the molecule is CC(NC(=O)Nc1ccc2c(c1)OC1(CCCCC1)O2)c1ccon1. The molecule has 0 bridgehead atoms. The summed E-state index contributed by atoms with van der Waals surface area (Å²) in [6, 6.07) is 6.61. The van der Waals surface area contributed by atoms with E-state index < -0.39 is 5.79 Å². The van der Waals surface area contributed by atoms with Crippen molar-refractivity contribution in [2.45, 2.75) is 50.9 Å². The van der Waals surface area contributed by atoms with Gasteiger partial charge in [-0.1, -0.05) is 11.6 Å². The quantitative estimate of drug-likeness (QED) is 0.880. The summed E-state index contributed by atoms with van der Waals surface area (Å²) in [5, 5.41) is 9.44. The fourth-order valence-corrected chi connectivity index (χ4v) is 3.35. The predicted octanol–water partition coefficient (Wildman–Crippen LogP) is 3.99. The fourth-order valence-electron chi connectivity index (χ4n) is 3.35. The number of hydrogen-bond acceptors (Lipinski definition) is 5. The maximum absolute atomic E-state index is 12.2. The highest BCUT2D eigenvalue weighted by atomic mass is 16.7. The normalized spacial score (nSPS) is 18.8. The highest BCUT2D eigenvalue weighted by molar-refractivity contribution is 5.89. The zero-order valence-electron chi connectivity index (χ0n) is 14.1. The van der Waals surface area contributed by atoms with Gasteiger partial charge in [-0.25, -0.2) is 4.79 Å². The maximum atomic E-state index is 12.2. The first-order valence-corrected chi connectivity index (χ1v) is 8.63. The van der Waals surface area contributed by atoms with Crippen LogP contribution in [0.3, 0.4) is 0 Å². The average molecular weight is 343 g/mol. The molecular formula is C18H21N3O4. The van der Waals surface area contributed by atoms with E-state index in [1.807, 2.05) is 19.1 Å². The van der Waals surface area contributed by atoms with Crippen molar-refractivity contribution in [1.29, 1.82) is 0 Å². The van der Waals surface area contributed by atoms with Crippen LogP contribution in [-0.4, -0.2) is 17.0 Å². The Hall–Kier alpha value is -2.70. The van der Waals surface area contributed by atoms with Crippen molar-refractivity contribution in [3.8, 4) is 11.5 Å². The molecule has 0 saturated heterocycles. The summed E-state index contributed by atoms with van der Waals surface area (Å²) in [5.74, 6) is 0.913. The minimum atomic E-state index is -0.511. The van der Waals surface area contributed by atoms with Crippen LogP contribution in [0.2, 0.25) is 0 Å². The maximum Gasteiger partial charge on any atom is 0.319 e. The van der Waals surface area contributed by atoms with Gasteiger partial charge in [0.15, 0.2) is 11.5 Å². The number of amides is 2. The number of fused-ring (bicyclic) bond motifs is 1. The minimum Gasteiger partial charge on any atom is -0.448 e. The van der Waals surface area contributed by atoms with Gasteiger partial charge in [-0.2, -0.15) is 0 Å². The van der Waals surface area contributed by atoms with Crippen LogP contribution in [0.1, 0.15) is 50.8 Å². The van der Waals surface area contributed by atoms with E-state index in [0.29, 0.717) is 17.1 Å². The Bertz CT molecular complexity index is 754. The van der Waals surface area contributed by atoms with Crippen LogP contribution < -0.4 is 20.1 Å². The number of carbonyl (C=O) groups is 1. The molecule has 2 N–H and O–H groups in total. The second-order valence-electron chi connectivity index (χ2n) is 6.58. The number of rotatable bonds is 3. The number of benzene rings is 1. The van der Waals surface area contributed by atoms with Gasteiger partial charge in [0.1, 0.15) is 12.0 Å². The largest absolute Gasteiger partial charge is 0.448 e. The summed E-state index contributed by atoms with van der Waals surface area (Å²) < 4.78 is 16.9. The van der Waals surface area contributed by atoms with Gasteiger partial charge in [0, 0.05) is 30.7 Å². The number of ether oxygens (including phenoxy) is 2. The van der Waals surface area contributed by atoms with Gasteiger partial charge < -0.3 is 24.6 Å². The Morgan fingerprint density at radius 3 is 2.72 bits per heavy atom. The Kier molecular flexibility index (Phi) is 3.99. The smallest absolute Gasteiger partial charge is 0.319 e. The van der Waals surface area contributed by atoms with E-state index in [4.69, 9.17) is 14.0 Å². The lowest BCUT2D eigenvalue weighted by atomic mass is 9.94. The van der Waals surface area contributed by atoms with Crippen LogP contribution in [0.5, 0.6) is 11.5 Å². The topological polar surface area (TPSA) is 85.6 Å². The van der Waals surface area contributed by atoms with Crippen molar-refractivity contribution < 1.29 is 18.8 Å². The molecule has 1 atom stereocenters. The highest BCUT2D eigenvalue weighted by Gasteiger charge is 2.42. The highest BCUT2D eigenvalue weighted by Crippen LogP contribution is 2.46. The molecule has 1 aliphatic heterocycles. The van der Waals surface area contributed by atoms with E-state index in [2.05, 4.69) is 15.8 Å². The van der Waals surface area contributed by atoms with E-state index in [0.717, 1.165) is 31.4 Å². The Balaban J connectivity index is 1.40. The standard InChI is InChI=1S/C18H21N3O4/c1-12(14-7-10-23-21-14)19-17(22)20-13-5-6-15-16(11-13)25-18(24-15)8-3-2-4-9-18/h5-7,10-12H,2-4,8-9H2,1H3,(H2,19,20,22). The summed E-state index contributed by atoms with van der Waals surface area (Å²) >= 11 is 0. The van der Waals surface area contributed by atoms with Crippen LogP contribution in [-0.2, 0) is 0 Å². The molecule has 1 fully saturated rings. The van der Waals surface area contributed by atoms with Crippen LogP contribution in [0.25, 0.3) is 0 Å². The van der Waals surface area contributed by atoms with E-state index in [-0.39, 0.29) is 12.1 Å². The summed E-state index contributed by atoms with van der Waals surface area (Å²) in [6.07, 6.45) is 6.73. The van der Waals surface area contributed by atoms with Gasteiger partial charge in [-0.15, -0.1) is 0 Å². The van der Waals surface area contributed by atoms with Crippen molar-refractivity contribution >= 4 is 11.7 Å². The Morgan fingerprint density at radius 1 is 1.16 bits per heavy atom. The molecule has 132 valence electrons. The molecule has 1 unspecified atom stereocenters. The fraction of sp³-hybridized carbons (Fsp3) is 0.444.